The summed E-state index contributed by atoms with van der Waals surface area (Å²) in [5.41, 5.74) is 2.70. The predicted octanol–water partition coefficient (Wildman–Crippen LogP) is 3.60. The summed E-state index contributed by atoms with van der Waals surface area (Å²) in [6.07, 6.45) is 1.98. The van der Waals surface area contributed by atoms with E-state index in [2.05, 4.69) is 9.80 Å². The number of halogens is 1. The van der Waals surface area contributed by atoms with Crippen molar-refractivity contribution in [3.8, 4) is 0 Å². The van der Waals surface area contributed by atoms with Crippen LogP contribution in [-0.2, 0) is 16.1 Å². The molecule has 28 heavy (non-hydrogen) atoms. The molecule has 0 radical (unpaired) electrons. The van der Waals surface area contributed by atoms with Gasteiger partial charge in [-0.3, -0.25) is 4.90 Å². The minimum atomic E-state index is -0.912. The van der Waals surface area contributed by atoms with Crippen LogP contribution in [0.3, 0.4) is 0 Å². The Morgan fingerprint density at radius 2 is 2.04 bits per heavy atom. The lowest BCUT2D eigenvalue weighted by Gasteiger charge is -2.44. The summed E-state index contributed by atoms with van der Waals surface area (Å²) >= 11 is 1.55. The molecule has 0 amide bonds. The molecule has 3 rings (SSSR count). The van der Waals surface area contributed by atoms with E-state index in [-0.39, 0.29) is 12.0 Å². The molecule has 2 aliphatic rings. The molecular formula is C21H27FN2O3S. The zero-order valence-electron chi connectivity index (χ0n) is 16.6. The Labute approximate surface area is 169 Å². The number of morpholine rings is 1. The third-order valence-corrected chi connectivity index (χ3v) is 6.08. The summed E-state index contributed by atoms with van der Waals surface area (Å²) in [6.45, 7) is 9.07. The van der Waals surface area contributed by atoms with Crippen molar-refractivity contribution in [2.75, 3.05) is 32.1 Å². The highest BCUT2D eigenvalue weighted by atomic mass is 32.2. The van der Waals surface area contributed by atoms with Crippen molar-refractivity contribution in [2.24, 2.45) is 0 Å². The quantitative estimate of drug-likeness (QED) is 0.779. The molecule has 2 heterocycles. The molecule has 0 saturated carbocycles. The monoisotopic (exact) mass is 406 g/mol. The second kappa shape index (κ2) is 9.11. The van der Waals surface area contributed by atoms with Crippen molar-refractivity contribution in [3.05, 3.63) is 57.4 Å². The van der Waals surface area contributed by atoms with E-state index in [0.29, 0.717) is 30.9 Å². The Kier molecular flexibility index (Phi) is 6.80. The summed E-state index contributed by atoms with van der Waals surface area (Å²) in [5.74, 6) is -0.369. The van der Waals surface area contributed by atoms with Gasteiger partial charge in [0.05, 0.1) is 23.8 Å². The zero-order chi connectivity index (χ0) is 20.3. The third-order valence-electron chi connectivity index (χ3n) is 5.08. The average Bonchev–Trinajstić information content (AvgIpc) is 2.67. The minimum Gasteiger partial charge on any atom is -0.478 e. The van der Waals surface area contributed by atoms with Crippen molar-refractivity contribution >= 4 is 17.7 Å². The maximum absolute atomic E-state index is 13.7. The maximum atomic E-state index is 13.7. The van der Waals surface area contributed by atoms with Gasteiger partial charge in [0.1, 0.15) is 12.0 Å². The number of hydrogen-bond acceptors (Lipinski definition) is 5. The fourth-order valence-corrected chi connectivity index (χ4v) is 4.70. The van der Waals surface area contributed by atoms with Gasteiger partial charge in [-0.1, -0.05) is 19.1 Å². The molecule has 7 heteroatoms. The van der Waals surface area contributed by atoms with E-state index < -0.39 is 5.97 Å². The van der Waals surface area contributed by atoms with Crippen molar-refractivity contribution in [3.63, 3.8) is 0 Å². The first-order valence-electron chi connectivity index (χ1n) is 9.55. The van der Waals surface area contributed by atoms with Gasteiger partial charge in [0.2, 0.25) is 0 Å². The van der Waals surface area contributed by atoms with Crippen LogP contribution in [0.25, 0.3) is 0 Å². The third kappa shape index (κ3) is 4.42. The lowest BCUT2D eigenvalue weighted by Crippen LogP contribution is -2.52. The van der Waals surface area contributed by atoms with E-state index >= 15 is 0 Å². The Hall–Kier alpha value is -1.83. The SMILES string of the molecule is CCSC1=C(C(=O)O)C(C)=CC(N2CCOCC2)N1Cc1ccc(F)c(C)c1. The van der Waals surface area contributed by atoms with E-state index in [1.807, 2.05) is 26.0 Å². The molecule has 0 aromatic heterocycles. The van der Waals surface area contributed by atoms with Gasteiger partial charge in [-0.25, -0.2) is 9.18 Å². The fourth-order valence-electron chi connectivity index (χ4n) is 3.69. The van der Waals surface area contributed by atoms with E-state index in [1.165, 1.54) is 6.07 Å². The molecule has 1 N–H and O–H groups in total. The molecule has 1 fully saturated rings. The van der Waals surface area contributed by atoms with Crippen molar-refractivity contribution < 1.29 is 19.0 Å². The zero-order valence-corrected chi connectivity index (χ0v) is 17.4. The lowest BCUT2D eigenvalue weighted by molar-refractivity contribution is -0.132. The van der Waals surface area contributed by atoms with E-state index in [0.717, 1.165) is 35.0 Å². The van der Waals surface area contributed by atoms with Gasteiger partial charge in [0.15, 0.2) is 0 Å². The summed E-state index contributed by atoms with van der Waals surface area (Å²) in [7, 11) is 0. The van der Waals surface area contributed by atoms with Crippen LogP contribution in [-0.4, -0.2) is 59.1 Å². The molecule has 0 aliphatic carbocycles. The molecule has 1 saturated heterocycles. The van der Waals surface area contributed by atoms with Crippen LogP contribution in [0.15, 0.2) is 40.5 Å². The highest BCUT2D eigenvalue weighted by molar-refractivity contribution is 8.03. The number of thioether (sulfide) groups is 1. The summed E-state index contributed by atoms with van der Waals surface area (Å²) in [4.78, 5) is 16.5. The van der Waals surface area contributed by atoms with Gasteiger partial charge in [0, 0.05) is 19.6 Å². The summed E-state index contributed by atoms with van der Waals surface area (Å²) in [5, 5.41) is 10.6. The molecule has 0 spiro atoms. The normalized spacial score (nSPS) is 21.1. The first-order valence-corrected chi connectivity index (χ1v) is 10.5. The number of ether oxygens (including phenoxy) is 1. The van der Waals surface area contributed by atoms with E-state index in [9.17, 15) is 14.3 Å². The molecule has 1 aromatic rings. The molecule has 0 bridgehead atoms. The average molecular weight is 407 g/mol. The minimum absolute atomic E-state index is 0.0496. The standard InChI is InChI=1S/C21H27FN2O3S/c1-4-28-20-19(21(25)26)15(3)12-18(23-7-9-27-10-8-23)24(20)13-16-5-6-17(22)14(2)11-16/h5-6,11-12,18H,4,7-10,13H2,1-3H3,(H,25,26). The highest BCUT2D eigenvalue weighted by Crippen LogP contribution is 2.37. The Bertz CT molecular complexity index is 803. The predicted molar refractivity (Wildman–Crippen MR) is 109 cm³/mol. The van der Waals surface area contributed by atoms with Gasteiger partial charge in [-0.2, -0.15) is 0 Å². The summed E-state index contributed by atoms with van der Waals surface area (Å²) < 4.78 is 19.2. The second-order valence-corrected chi connectivity index (χ2v) is 8.29. The number of carboxylic acid groups (broad SMARTS) is 1. The summed E-state index contributed by atoms with van der Waals surface area (Å²) in [6, 6.07) is 5.10. The Balaban J connectivity index is 2.02. The lowest BCUT2D eigenvalue weighted by atomic mass is 10.0. The largest absolute Gasteiger partial charge is 0.478 e. The first kappa shape index (κ1) is 20.9. The van der Waals surface area contributed by atoms with Crippen LogP contribution < -0.4 is 0 Å². The Morgan fingerprint density at radius 1 is 1.32 bits per heavy atom. The van der Waals surface area contributed by atoms with E-state index in [1.54, 1.807) is 24.8 Å². The second-order valence-electron chi connectivity index (χ2n) is 7.04. The van der Waals surface area contributed by atoms with Gasteiger partial charge < -0.3 is 14.7 Å². The van der Waals surface area contributed by atoms with Crippen LogP contribution in [0.4, 0.5) is 4.39 Å². The van der Waals surface area contributed by atoms with Gasteiger partial charge >= 0.3 is 5.97 Å². The molecule has 1 unspecified atom stereocenters. The number of nitrogens with zero attached hydrogens (tertiary/aromatic N) is 2. The number of carbonyl (C=O) groups is 1. The molecule has 1 aromatic carbocycles. The number of aliphatic carboxylic acids is 1. The number of rotatable bonds is 6. The number of carboxylic acids is 1. The highest BCUT2D eigenvalue weighted by Gasteiger charge is 2.34. The smallest absolute Gasteiger partial charge is 0.338 e. The first-order chi connectivity index (χ1) is 13.4. The number of aryl methyl sites for hydroxylation is 1. The topological polar surface area (TPSA) is 53.0 Å². The van der Waals surface area contributed by atoms with Crippen molar-refractivity contribution in [1.29, 1.82) is 0 Å². The van der Waals surface area contributed by atoms with Gasteiger partial charge in [0.25, 0.3) is 0 Å². The molecule has 1 atom stereocenters. The van der Waals surface area contributed by atoms with Crippen LogP contribution in [0.1, 0.15) is 25.0 Å². The molecule has 152 valence electrons. The maximum Gasteiger partial charge on any atom is 0.338 e. The Morgan fingerprint density at radius 3 is 2.64 bits per heavy atom. The molecule has 5 nitrogen and oxygen atoms in total. The van der Waals surface area contributed by atoms with Crippen molar-refractivity contribution in [1.82, 2.24) is 9.80 Å². The number of hydrogen-bond donors (Lipinski definition) is 1. The van der Waals surface area contributed by atoms with Gasteiger partial charge in [-0.05, 0) is 48.4 Å². The van der Waals surface area contributed by atoms with Gasteiger partial charge in [-0.15, -0.1) is 11.8 Å². The molecular weight excluding hydrogens is 379 g/mol. The van der Waals surface area contributed by atoms with Crippen molar-refractivity contribution in [2.45, 2.75) is 33.5 Å². The molecule has 2 aliphatic heterocycles. The van der Waals surface area contributed by atoms with Crippen LogP contribution in [0.5, 0.6) is 0 Å². The number of benzene rings is 1. The van der Waals surface area contributed by atoms with Crippen LogP contribution in [0.2, 0.25) is 0 Å². The fraction of sp³-hybridized carbons (Fsp3) is 0.476. The van der Waals surface area contributed by atoms with Crippen LogP contribution in [0, 0.1) is 12.7 Å². The van der Waals surface area contributed by atoms with Crippen LogP contribution >= 0.6 is 11.8 Å². The van der Waals surface area contributed by atoms with E-state index in [4.69, 9.17) is 4.74 Å².